The van der Waals surface area contributed by atoms with Crippen LogP contribution in [0.2, 0.25) is 0 Å². The number of halogens is 2. The number of carbonyl (C=O) groups excluding carboxylic acids is 4. The summed E-state index contributed by atoms with van der Waals surface area (Å²) in [6, 6.07) is 20.9. The Balaban J connectivity index is 0.782. The van der Waals surface area contributed by atoms with Crippen LogP contribution in [0, 0.1) is 11.6 Å². The van der Waals surface area contributed by atoms with Crippen LogP contribution < -0.4 is 25.8 Å². The Bertz CT molecular complexity index is 2560. The molecule has 5 aliphatic rings. The van der Waals surface area contributed by atoms with E-state index in [4.69, 9.17) is 4.74 Å². The van der Waals surface area contributed by atoms with Crippen LogP contribution in [0.25, 0.3) is 10.9 Å². The van der Waals surface area contributed by atoms with Gasteiger partial charge in [0.1, 0.15) is 17.7 Å². The number of nitrogens with zero attached hydrogens (tertiary/aromatic N) is 5. The molecule has 1 unspecified atom stereocenters. The zero-order valence-electron chi connectivity index (χ0n) is 34.1. The second-order valence-electron chi connectivity index (χ2n) is 16.9. The van der Waals surface area contributed by atoms with Crippen LogP contribution in [0.3, 0.4) is 0 Å². The van der Waals surface area contributed by atoms with E-state index in [9.17, 15) is 28.0 Å². The van der Waals surface area contributed by atoms with Crippen molar-refractivity contribution in [2.75, 3.05) is 72.9 Å². The lowest BCUT2D eigenvalue weighted by atomic mass is 10.0. The lowest BCUT2D eigenvalue weighted by Crippen LogP contribution is -2.63. The number of hydrogen-bond acceptors (Lipinski definition) is 10. The Kier molecular flexibility index (Phi) is 10.6. The predicted octanol–water partition coefficient (Wildman–Crippen LogP) is 5.05. The van der Waals surface area contributed by atoms with Gasteiger partial charge in [-0.3, -0.25) is 34.5 Å². The van der Waals surface area contributed by atoms with Crippen LogP contribution in [0.4, 0.5) is 31.7 Å². The quantitative estimate of drug-likeness (QED) is 0.141. The predicted molar refractivity (Wildman–Crippen MR) is 229 cm³/mol. The fourth-order valence-corrected chi connectivity index (χ4v) is 9.50. The summed E-state index contributed by atoms with van der Waals surface area (Å²) >= 11 is 0. The first-order chi connectivity index (χ1) is 30.1. The number of H-pyrrole nitrogens is 1. The van der Waals surface area contributed by atoms with Crippen molar-refractivity contribution in [2.45, 2.75) is 56.8 Å². The van der Waals surface area contributed by atoms with Crippen molar-refractivity contribution in [3.8, 4) is 0 Å². The molecule has 1 atom stereocenters. The van der Waals surface area contributed by atoms with Gasteiger partial charge in [0, 0.05) is 112 Å². The van der Waals surface area contributed by atoms with Crippen molar-refractivity contribution < 1.29 is 32.7 Å². The molecule has 62 heavy (non-hydrogen) atoms. The van der Waals surface area contributed by atoms with Crippen molar-refractivity contribution in [1.29, 1.82) is 0 Å². The lowest BCUT2D eigenvalue weighted by Gasteiger charge is -2.49. The molecule has 0 radical (unpaired) electrons. The number of rotatable bonds is 10. The average Bonchev–Trinajstić information content (AvgIpc) is 3.79. The Morgan fingerprint density at radius 2 is 1.58 bits per heavy atom. The van der Waals surface area contributed by atoms with E-state index in [0.29, 0.717) is 66.5 Å². The van der Waals surface area contributed by atoms with Crippen LogP contribution in [0.15, 0.2) is 72.8 Å². The summed E-state index contributed by atoms with van der Waals surface area (Å²) in [7, 11) is 0. The molecule has 0 bridgehead atoms. The minimum Gasteiger partial charge on any atom is -0.381 e. The van der Waals surface area contributed by atoms with Crippen LogP contribution in [-0.4, -0.2) is 114 Å². The number of imide groups is 1. The molecule has 4 N–H and O–H groups in total. The smallest absolute Gasteiger partial charge is 0.258 e. The van der Waals surface area contributed by atoms with E-state index in [1.807, 2.05) is 42.5 Å². The largest absolute Gasteiger partial charge is 0.381 e. The Morgan fingerprint density at radius 3 is 2.35 bits per heavy atom. The second-order valence-corrected chi connectivity index (χ2v) is 16.9. The Hall–Kier alpha value is -6.39. The molecule has 4 aromatic carbocycles. The van der Waals surface area contributed by atoms with E-state index in [0.717, 1.165) is 91.9 Å². The minimum atomic E-state index is -0.630. The highest BCUT2D eigenvalue weighted by molar-refractivity contribution is 6.11. The average molecular weight is 844 g/mol. The van der Waals surface area contributed by atoms with E-state index in [1.165, 1.54) is 12.1 Å². The number of anilines is 4. The van der Waals surface area contributed by atoms with Gasteiger partial charge in [-0.2, -0.15) is 5.10 Å². The number of piperazine rings is 1. The molecular formula is C46H47F2N9O5. The zero-order chi connectivity index (χ0) is 42.5. The van der Waals surface area contributed by atoms with Crippen LogP contribution in [-0.2, 0) is 27.3 Å². The van der Waals surface area contributed by atoms with Crippen molar-refractivity contribution >= 4 is 57.4 Å². The molecular weight excluding hydrogens is 797 g/mol. The summed E-state index contributed by atoms with van der Waals surface area (Å²) in [4.78, 5) is 60.2. The molecule has 320 valence electrons. The summed E-state index contributed by atoms with van der Waals surface area (Å²) in [5.41, 5.74) is 6.91. The summed E-state index contributed by atoms with van der Waals surface area (Å²) < 4.78 is 33.4. The van der Waals surface area contributed by atoms with Crippen molar-refractivity contribution in [1.82, 2.24) is 25.3 Å². The van der Waals surface area contributed by atoms with Crippen molar-refractivity contribution in [3.05, 3.63) is 112 Å². The first-order valence-corrected chi connectivity index (χ1v) is 21.3. The van der Waals surface area contributed by atoms with Crippen LogP contribution in [0.1, 0.15) is 63.1 Å². The van der Waals surface area contributed by atoms with E-state index >= 15 is 0 Å². The molecule has 5 aliphatic heterocycles. The molecule has 4 fully saturated rings. The molecule has 6 heterocycles. The summed E-state index contributed by atoms with van der Waals surface area (Å²) in [6.07, 6.45) is 2.54. The number of piperidine rings is 1. The number of hydrogen-bond donors (Lipinski definition) is 4. The van der Waals surface area contributed by atoms with Crippen molar-refractivity contribution in [3.63, 3.8) is 0 Å². The van der Waals surface area contributed by atoms with Gasteiger partial charge >= 0.3 is 0 Å². The maximum absolute atomic E-state index is 14.0. The highest BCUT2D eigenvalue weighted by Gasteiger charge is 2.40. The van der Waals surface area contributed by atoms with Gasteiger partial charge in [-0.1, -0.05) is 6.07 Å². The summed E-state index contributed by atoms with van der Waals surface area (Å²) in [5.74, 6) is -2.06. The number of amides is 4. The highest BCUT2D eigenvalue weighted by atomic mass is 19.1. The van der Waals surface area contributed by atoms with E-state index < -0.39 is 23.6 Å². The van der Waals surface area contributed by atoms with Gasteiger partial charge in [-0.25, -0.2) is 8.78 Å². The number of benzene rings is 4. The fraction of sp³-hybridized carbons (Fsp3) is 0.370. The number of ether oxygens (including phenoxy) is 1. The Morgan fingerprint density at radius 1 is 0.823 bits per heavy atom. The molecule has 5 aromatic rings. The molecule has 0 aliphatic carbocycles. The van der Waals surface area contributed by atoms with Gasteiger partial charge in [0.2, 0.25) is 11.8 Å². The van der Waals surface area contributed by atoms with Crippen LogP contribution in [0.5, 0.6) is 0 Å². The van der Waals surface area contributed by atoms with Gasteiger partial charge in [-0.15, -0.1) is 0 Å². The molecule has 4 amide bonds. The molecule has 16 heteroatoms. The van der Waals surface area contributed by atoms with Gasteiger partial charge in [0.25, 0.3) is 11.8 Å². The molecule has 1 aromatic heterocycles. The minimum absolute atomic E-state index is 0.154. The van der Waals surface area contributed by atoms with Gasteiger partial charge < -0.3 is 30.1 Å². The summed E-state index contributed by atoms with van der Waals surface area (Å²) in [6.45, 7) is 6.88. The second kappa shape index (κ2) is 16.5. The fourth-order valence-electron chi connectivity index (χ4n) is 9.50. The highest BCUT2D eigenvalue weighted by Crippen LogP contribution is 2.34. The third-order valence-corrected chi connectivity index (χ3v) is 12.9. The van der Waals surface area contributed by atoms with Crippen LogP contribution >= 0.6 is 0 Å². The topological polar surface area (TPSA) is 155 Å². The number of nitrogens with one attached hydrogen (secondary N) is 4. The zero-order valence-corrected chi connectivity index (χ0v) is 34.1. The molecule has 4 saturated heterocycles. The van der Waals surface area contributed by atoms with E-state index in [2.05, 4.69) is 53.0 Å². The van der Waals surface area contributed by atoms with Gasteiger partial charge in [0.05, 0.1) is 11.1 Å². The molecule has 14 nitrogen and oxygen atoms in total. The first kappa shape index (κ1) is 39.7. The van der Waals surface area contributed by atoms with E-state index in [1.54, 1.807) is 4.90 Å². The van der Waals surface area contributed by atoms with Gasteiger partial charge in [-0.05, 0) is 103 Å². The van der Waals surface area contributed by atoms with E-state index in [-0.39, 0.29) is 30.2 Å². The maximum atomic E-state index is 14.0. The Labute approximate surface area is 356 Å². The number of aromatic amines is 1. The molecule has 0 spiro atoms. The standard InChI is InChI=1S/C46H47F2N9O5/c47-30-18-28(19-31(48)22-30)17-27-1-6-39-38(20-27)43(53-52-39)51-44(59)37-5-3-34(23-40(37)49-32-9-15-62-16-10-32)54-11-13-55(14-12-54)35-25-56(26-35)33-2-4-36-29(21-33)24-57(46(36)61)41-7-8-42(58)50-45(41)60/h1-6,18-23,32,35,41,49H,7-17,24-26H2,(H,50,58,60)(H2,51,52,53,59). The third kappa shape index (κ3) is 7.95. The van der Waals surface area contributed by atoms with Gasteiger partial charge in [0.15, 0.2) is 5.82 Å². The van der Waals surface area contributed by atoms with Crippen molar-refractivity contribution in [2.24, 2.45) is 0 Å². The number of carbonyl (C=O) groups is 4. The first-order valence-electron chi connectivity index (χ1n) is 21.3. The normalized spacial score (nSPS) is 20.1. The lowest BCUT2D eigenvalue weighted by molar-refractivity contribution is -0.136. The monoisotopic (exact) mass is 843 g/mol. The third-order valence-electron chi connectivity index (χ3n) is 12.9. The SMILES string of the molecule is O=C1CCC(N2Cc3cc(N4CC(N5CCN(c6ccc(C(=O)Nc7n[nH]c8ccc(Cc9cc(F)cc(F)c9)cc78)c(NC7CCOCC7)c6)CC5)C4)ccc3C2=O)C(=O)N1. The number of fused-ring (bicyclic) bond motifs is 2. The number of aromatic nitrogens is 2. The maximum Gasteiger partial charge on any atom is 0.258 e. The molecule has 10 rings (SSSR count). The summed E-state index contributed by atoms with van der Waals surface area (Å²) in [5, 5.41) is 17.1. The molecule has 0 saturated carbocycles.